The molecule has 116 valence electrons. The van der Waals surface area contributed by atoms with E-state index in [4.69, 9.17) is 0 Å². The summed E-state index contributed by atoms with van der Waals surface area (Å²) in [6.45, 7) is 2.61. The SMILES string of the molecule is CCC1CCCCN1C(=O)CNS(=O)(=O)c1ccccc1. The molecule has 21 heavy (non-hydrogen) atoms. The van der Waals surface area contributed by atoms with Gasteiger partial charge in [-0.25, -0.2) is 13.1 Å². The van der Waals surface area contributed by atoms with Crippen LogP contribution in [-0.2, 0) is 14.8 Å². The van der Waals surface area contributed by atoms with Gasteiger partial charge in [-0.3, -0.25) is 4.79 Å². The minimum absolute atomic E-state index is 0.138. The van der Waals surface area contributed by atoms with Crippen molar-refractivity contribution < 1.29 is 13.2 Å². The van der Waals surface area contributed by atoms with E-state index in [0.717, 1.165) is 32.2 Å². The van der Waals surface area contributed by atoms with E-state index in [1.54, 1.807) is 18.2 Å². The molecule has 1 aliphatic rings. The van der Waals surface area contributed by atoms with Crippen LogP contribution < -0.4 is 4.72 Å². The molecule has 0 saturated carbocycles. The van der Waals surface area contributed by atoms with Gasteiger partial charge in [-0.15, -0.1) is 0 Å². The van der Waals surface area contributed by atoms with Crippen molar-refractivity contribution in [1.82, 2.24) is 9.62 Å². The molecule has 1 aromatic rings. The quantitative estimate of drug-likeness (QED) is 0.901. The number of sulfonamides is 1. The maximum Gasteiger partial charge on any atom is 0.241 e. The normalized spacial score (nSPS) is 19.5. The van der Waals surface area contributed by atoms with Crippen molar-refractivity contribution in [3.8, 4) is 0 Å². The highest BCUT2D eigenvalue weighted by Gasteiger charge is 2.26. The number of carbonyl (C=O) groups is 1. The maximum atomic E-state index is 12.2. The second-order valence-electron chi connectivity index (χ2n) is 5.28. The highest BCUT2D eigenvalue weighted by molar-refractivity contribution is 7.89. The lowest BCUT2D eigenvalue weighted by Gasteiger charge is -2.35. The average Bonchev–Trinajstić information content (AvgIpc) is 2.53. The lowest BCUT2D eigenvalue weighted by Crippen LogP contribution is -2.47. The summed E-state index contributed by atoms with van der Waals surface area (Å²) in [4.78, 5) is 14.2. The molecule has 1 heterocycles. The topological polar surface area (TPSA) is 66.5 Å². The van der Waals surface area contributed by atoms with E-state index in [1.165, 1.54) is 12.1 Å². The van der Waals surface area contributed by atoms with Crippen LogP contribution in [0.1, 0.15) is 32.6 Å². The van der Waals surface area contributed by atoms with Crippen LogP contribution in [0.5, 0.6) is 0 Å². The van der Waals surface area contributed by atoms with Crippen molar-refractivity contribution in [3.63, 3.8) is 0 Å². The number of benzene rings is 1. The van der Waals surface area contributed by atoms with Crippen molar-refractivity contribution in [2.24, 2.45) is 0 Å². The standard InChI is InChI=1S/C15H22N2O3S/c1-2-13-8-6-7-11-17(13)15(18)12-16-21(19,20)14-9-4-3-5-10-14/h3-5,9-10,13,16H,2,6-8,11-12H2,1H3. The van der Waals surface area contributed by atoms with Crippen molar-refractivity contribution in [1.29, 1.82) is 0 Å². The highest BCUT2D eigenvalue weighted by Crippen LogP contribution is 2.19. The van der Waals surface area contributed by atoms with E-state index in [1.807, 2.05) is 4.90 Å². The van der Waals surface area contributed by atoms with Gasteiger partial charge in [0.15, 0.2) is 0 Å². The molecule has 0 aliphatic carbocycles. The first-order chi connectivity index (χ1) is 10.0. The number of rotatable bonds is 5. The molecule has 0 radical (unpaired) electrons. The van der Waals surface area contributed by atoms with Crippen molar-refractivity contribution in [2.45, 2.75) is 43.5 Å². The molecule has 1 atom stereocenters. The Morgan fingerprint density at radius 3 is 2.67 bits per heavy atom. The molecule has 1 amide bonds. The van der Waals surface area contributed by atoms with Crippen molar-refractivity contribution >= 4 is 15.9 Å². The molecule has 2 rings (SSSR count). The summed E-state index contributed by atoms with van der Waals surface area (Å²) in [6.07, 6.45) is 4.05. The van der Waals surface area contributed by atoms with Crippen LogP contribution in [0.4, 0.5) is 0 Å². The Bertz CT molecular complexity index is 572. The molecule has 0 bridgehead atoms. The first-order valence-corrected chi connectivity index (χ1v) is 8.87. The number of nitrogens with zero attached hydrogens (tertiary/aromatic N) is 1. The van der Waals surface area contributed by atoms with Gasteiger partial charge in [-0.05, 0) is 37.8 Å². The van der Waals surface area contributed by atoms with Crippen LogP contribution in [0.15, 0.2) is 35.2 Å². The molecule has 0 aromatic heterocycles. The Labute approximate surface area is 126 Å². The molecule has 1 fully saturated rings. The summed E-state index contributed by atoms with van der Waals surface area (Å²) < 4.78 is 26.6. The zero-order valence-electron chi connectivity index (χ0n) is 12.3. The zero-order chi connectivity index (χ0) is 15.3. The number of carbonyl (C=O) groups excluding carboxylic acids is 1. The van der Waals surface area contributed by atoms with Crippen LogP contribution in [0.3, 0.4) is 0 Å². The number of likely N-dealkylation sites (tertiary alicyclic amines) is 1. The van der Waals surface area contributed by atoms with Crippen LogP contribution in [-0.4, -0.2) is 38.4 Å². The second kappa shape index (κ2) is 7.04. The minimum atomic E-state index is -3.62. The number of amides is 1. The number of hydrogen-bond donors (Lipinski definition) is 1. The van der Waals surface area contributed by atoms with Crippen LogP contribution in [0, 0.1) is 0 Å². The summed E-state index contributed by atoms with van der Waals surface area (Å²) in [5.74, 6) is -0.138. The largest absolute Gasteiger partial charge is 0.339 e. The van der Waals surface area contributed by atoms with E-state index >= 15 is 0 Å². The summed E-state index contributed by atoms with van der Waals surface area (Å²) in [5.41, 5.74) is 0. The zero-order valence-corrected chi connectivity index (χ0v) is 13.1. The van der Waals surface area contributed by atoms with Gasteiger partial charge in [-0.2, -0.15) is 0 Å². The molecule has 6 heteroatoms. The Balaban J connectivity index is 1.97. The van der Waals surface area contributed by atoms with Gasteiger partial charge in [0.25, 0.3) is 0 Å². The Kier molecular flexibility index (Phi) is 5.36. The van der Waals surface area contributed by atoms with Gasteiger partial charge < -0.3 is 4.90 Å². The second-order valence-corrected chi connectivity index (χ2v) is 7.05. The van der Waals surface area contributed by atoms with Gasteiger partial charge in [0, 0.05) is 12.6 Å². The van der Waals surface area contributed by atoms with Crippen LogP contribution in [0.25, 0.3) is 0 Å². The average molecular weight is 310 g/mol. The summed E-state index contributed by atoms with van der Waals surface area (Å²) >= 11 is 0. The minimum Gasteiger partial charge on any atom is -0.339 e. The fourth-order valence-corrected chi connectivity index (χ4v) is 3.69. The van der Waals surface area contributed by atoms with E-state index < -0.39 is 10.0 Å². The van der Waals surface area contributed by atoms with Gasteiger partial charge in [-0.1, -0.05) is 25.1 Å². The lowest BCUT2D eigenvalue weighted by molar-refractivity contribution is -0.133. The molecular formula is C15H22N2O3S. The molecule has 1 aromatic carbocycles. The summed E-state index contributed by atoms with van der Waals surface area (Å²) in [7, 11) is -3.62. The summed E-state index contributed by atoms with van der Waals surface area (Å²) in [6, 6.07) is 8.35. The Morgan fingerprint density at radius 1 is 1.29 bits per heavy atom. The van der Waals surface area contributed by atoms with Crippen LogP contribution in [0.2, 0.25) is 0 Å². The number of hydrogen-bond acceptors (Lipinski definition) is 3. The van der Waals surface area contributed by atoms with Crippen LogP contribution >= 0.6 is 0 Å². The Morgan fingerprint density at radius 2 is 2.00 bits per heavy atom. The van der Waals surface area contributed by atoms with E-state index in [2.05, 4.69) is 11.6 Å². The molecular weight excluding hydrogens is 288 g/mol. The molecule has 5 nitrogen and oxygen atoms in total. The lowest BCUT2D eigenvalue weighted by atomic mass is 10.00. The molecule has 1 saturated heterocycles. The summed E-state index contributed by atoms with van der Waals surface area (Å²) in [5, 5.41) is 0. The maximum absolute atomic E-state index is 12.2. The van der Waals surface area contributed by atoms with Gasteiger partial charge in [0.05, 0.1) is 11.4 Å². The van der Waals surface area contributed by atoms with Gasteiger partial charge in [0.1, 0.15) is 0 Å². The van der Waals surface area contributed by atoms with Crippen molar-refractivity contribution in [3.05, 3.63) is 30.3 Å². The molecule has 1 unspecified atom stereocenters. The number of nitrogens with one attached hydrogen (secondary N) is 1. The smallest absolute Gasteiger partial charge is 0.241 e. The molecule has 0 spiro atoms. The third-order valence-electron chi connectivity index (χ3n) is 3.89. The molecule has 1 aliphatic heterocycles. The van der Waals surface area contributed by atoms with Crippen molar-refractivity contribution in [2.75, 3.05) is 13.1 Å². The first kappa shape index (κ1) is 16.0. The van der Waals surface area contributed by atoms with E-state index in [-0.39, 0.29) is 23.4 Å². The third kappa shape index (κ3) is 4.04. The Hall–Kier alpha value is -1.40. The predicted octanol–water partition coefficient (Wildman–Crippen LogP) is 1.76. The van der Waals surface area contributed by atoms with E-state index in [9.17, 15) is 13.2 Å². The highest BCUT2D eigenvalue weighted by atomic mass is 32.2. The third-order valence-corrected chi connectivity index (χ3v) is 5.30. The monoisotopic (exact) mass is 310 g/mol. The fraction of sp³-hybridized carbons (Fsp3) is 0.533. The number of piperidine rings is 1. The van der Waals surface area contributed by atoms with Gasteiger partial charge >= 0.3 is 0 Å². The van der Waals surface area contributed by atoms with E-state index in [0.29, 0.717) is 0 Å². The fourth-order valence-electron chi connectivity index (χ4n) is 2.69. The predicted molar refractivity (Wildman–Crippen MR) is 81.3 cm³/mol. The molecule has 1 N–H and O–H groups in total. The first-order valence-electron chi connectivity index (χ1n) is 7.39. The van der Waals surface area contributed by atoms with Gasteiger partial charge in [0.2, 0.25) is 15.9 Å².